The van der Waals surface area contributed by atoms with E-state index in [1.807, 2.05) is 0 Å². The highest BCUT2D eigenvalue weighted by molar-refractivity contribution is 5.67. The molecule has 1 saturated carbocycles. The maximum absolute atomic E-state index is 10.00. The van der Waals surface area contributed by atoms with E-state index >= 15 is 0 Å². The Labute approximate surface area is 120 Å². The molecular weight excluding hydrogens is 276 g/mol. The number of aliphatic hydroxyl groups excluding tert-OH is 2. The maximum Gasteiger partial charge on any atom is 0.201 e. The van der Waals surface area contributed by atoms with Crippen LogP contribution in [0.4, 0.5) is 0 Å². The molecule has 114 valence electrons. The summed E-state index contributed by atoms with van der Waals surface area (Å²) in [6.07, 6.45) is -0.908. The number of aliphatic hydroxyl groups is 2. The molecule has 3 rings (SSSR count). The molecule has 5 atom stereocenters. The van der Waals surface area contributed by atoms with Crippen LogP contribution < -0.4 is 11.5 Å². The first-order valence-corrected chi connectivity index (χ1v) is 6.71. The summed E-state index contributed by atoms with van der Waals surface area (Å²) in [5.74, 6) is 0. The molecule has 6 N–H and O–H groups in total. The summed E-state index contributed by atoms with van der Waals surface area (Å²) < 4.78 is 5.56. The van der Waals surface area contributed by atoms with E-state index in [1.54, 1.807) is 18.3 Å². The van der Waals surface area contributed by atoms with E-state index in [1.165, 1.54) is 4.80 Å². The van der Waals surface area contributed by atoms with Gasteiger partial charge >= 0.3 is 0 Å². The van der Waals surface area contributed by atoms with Crippen LogP contribution in [0, 0.1) is 0 Å². The first-order chi connectivity index (χ1) is 10.1. The van der Waals surface area contributed by atoms with Gasteiger partial charge in [-0.25, -0.2) is 4.98 Å². The lowest BCUT2D eigenvalue weighted by Crippen LogP contribution is -2.62. The lowest BCUT2D eigenvalue weighted by molar-refractivity contribution is -0.144. The molecule has 0 spiro atoms. The van der Waals surface area contributed by atoms with Crippen LogP contribution in [0.2, 0.25) is 0 Å². The number of ether oxygens (including phenoxy) is 1. The Morgan fingerprint density at radius 2 is 2.05 bits per heavy atom. The van der Waals surface area contributed by atoms with Crippen molar-refractivity contribution in [2.75, 3.05) is 0 Å². The fourth-order valence-electron chi connectivity index (χ4n) is 2.52. The fourth-order valence-corrected chi connectivity index (χ4v) is 2.52. The molecule has 21 heavy (non-hydrogen) atoms. The number of pyridine rings is 1. The molecule has 9 nitrogen and oxygen atoms in total. The smallest absolute Gasteiger partial charge is 0.201 e. The molecular formula is C12H18N6O3. The molecule has 2 heterocycles. The van der Waals surface area contributed by atoms with Gasteiger partial charge in [0.2, 0.25) is 5.65 Å². The van der Waals surface area contributed by atoms with Crippen LogP contribution in [0.1, 0.15) is 6.42 Å². The Hall–Kier alpha value is -1.65. The van der Waals surface area contributed by atoms with E-state index in [4.69, 9.17) is 16.2 Å². The zero-order valence-electron chi connectivity index (χ0n) is 11.3. The summed E-state index contributed by atoms with van der Waals surface area (Å²) >= 11 is 0. The highest BCUT2D eigenvalue weighted by Gasteiger charge is 2.41. The molecule has 9 heteroatoms. The number of hydrogen-bond acceptors (Lipinski definition) is 8. The molecule has 0 unspecified atom stereocenters. The third-order valence-electron chi connectivity index (χ3n) is 3.67. The highest BCUT2D eigenvalue weighted by Crippen LogP contribution is 2.21. The van der Waals surface area contributed by atoms with Crippen molar-refractivity contribution in [1.82, 2.24) is 20.0 Å². The Morgan fingerprint density at radius 1 is 1.24 bits per heavy atom. The lowest BCUT2D eigenvalue weighted by Gasteiger charge is -2.39. The van der Waals surface area contributed by atoms with Crippen LogP contribution in [0.5, 0.6) is 0 Å². The minimum atomic E-state index is -1.13. The van der Waals surface area contributed by atoms with Crippen LogP contribution in [0.25, 0.3) is 11.2 Å². The average Bonchev–Trinajstić information content (AvgIpc) is 2.87. The Balaban J connectivity index is 1.68. The lowest BCUT2D eigenvalue weighted by atomic mass is 9.85. The van der Waals surface area contributed by atoms with Gasteiger partial charge in [0, 0.05) is 18.3 Å². The van der Waals surface area contributed by atoms with E-state index in [0.29, 0.717) is 17.6 Å². The van der Waals surface area contributed by atoms with Crippen molar-refractivity contribution in [3.05, 3.63) is 18.3 Å². The summed E-state index contributed by atoms with van der Waals surface area (Å²) in [5, 5.41) is 28.1. The molecule has 0 amide bonds. The van der Waals surface area contributed by atoms with Gasteiger partial charge in [-0.1, -0.05) is 0 Å². The minimum absolute atomic E-state index is 0.00768. The van der Waals surface area contributed by atoms with Gasteiger partial charge in [-0.15, -0.1) is 10.2 Å². The summed E-state index contributed by atoms with van der Waals surface area (Å²) in [6, 6.07) is 2.54. The van der Waals surface area contributed by atoms with Gasteiger partial charge in [-0.3, -0.25) is 0 Å². The van der Waals surface area contributed by atoms with Crippen LogP contribution in [0.3, 0.4) is 0 Å². The van der Waals surface area contributed by atoms with Crippen LogP contribution in [-0.4, -0.2) is 60.6 Å². The molecule has 0 bridgehead atoms. The zero-order valence-corrected chi connectivity index (χ0v) is 11.3. The van der Waals surface area contributed by atoms with Crippen molar-refractivity contribution in [3.63, 3.8) is 0 Å². The van der Waals surface area contributed by atoms with Crippen molar-refractivity contribution < 1.29 is 14.9 Å². The first kappa shape index (κ1) is 14.3. The number of hydrogen-bond donors (Lipinski definition) is 4. The number of aromatic nitrogens is 4. The first-order valence-electron chi connectivity index (χ1n) is 6.71. The number of nitrogens with zero attached hydrogens (tertiary/aromatic N) is 4. The molecule has 1 fully saturated rings. The van der Waals surface area contributed by atoms with E-state index in [2.05, 4.69) is 15.2 Å². The second-order valence-electron chi connectivity index (χ2n) is 5.22. The molecule has 0 aliphatic heterocycles. The van der Waals surface area contributed by atoms with E-state index < -0.39 is 30.4 Å². The number of rotatable bonds is 3. The van der Waals surface area contributed by atoms with Crippen molar-refractivity contribution in [2.45, 2.75) is 43.5 Å². The molecule has 2 aromatic heterocycles. The summed E-state index contributed by atoms with van der Waals surface area (Å²) in [7, 11) is 0. The molecule has 2 aromatic rings. The van der Waals surface area contributed by atoms with Gasteiger partial charge in [0.15, 0.2) is 6.73 Å². The standard InChI is InChI=1S/C12H18N6O3/c13-6-4-7(14)11(10(20)9(6)19)21-5-18-16-8-2-1-3-15-12(8)17-18/h1-3,6-7,9-11,19-20H,4-5,13-14H2/t6-,7+,9+,10-,11-/m0/s1. The fraction of sp³-hybridized carbons (Fsp3) is 0.583. The maximum atomic E-state index is 10.00. The normalized spacial score (nSPS) is 33.4. The average molecular weight is 294 g/mol. The third-order valence-corrected chi connectivity index (χ3v) is 3.67. The van der Waals surface area contributed by atoms with Gasteiger partial charge in [-0.2, -0.15) is 4.80 Å². The van der Waals surface area contributed by atoms with E-state index in [-0.39, 0.29) is 6.73 Å². The monoisotopic (exact) mass is 294 g/mol. The summed E-state index contributed by atoms with van der Waals surface area (Å²) in [6.45, 7) is 0.00768. The summed E-state index contributed by atoms with van der Waals surface area (Å²) in [4.78, 5) is 5.40. The molecule has 0 radical (unpaired) electrons. The van der Waals surface area contributed by atoms with Crippen molar-refractivity contribution in [2.24, 2.45) is 11.5 Å². The molecule has 1 aliphatic rings. The van der Waals surface area contributed by atoms with Crippen LogP contribution >= 0.6 is 0 Å². The minimum Gasteiger partial charge on any atom is -0.389 e. The SMILES string of the molecule is N[C@@H]1C[C@H](N)[C@@H](O)[C@H](O)[C@H]1OCn1nc2cccnc2n1. The molecule has 1 aliphatic carbocycles. The van der Waals surface area contributed by atoms with Gasteiger partial charge in [0.1, 0.15) is 17.7 Å². The van der Waals surface area contributed by atoms with Gasteiger partial charge in [-0.05, 0) is 18.6 Å². The van der Waals surface area contributed by atoms with Gasteiger partial charge < -0.3 is 26.4 Å². The van der Waals surface area contributed by atoms with Crippen molar-refractivity contribution >= 4 is 11.2 Å². The zero-order chi connectivity index (χ0) is 15.0. The van der Waals surface area contributed by atoms with Gasteiger partial charge in [0.25, 0.3) is 0 Å². The largest absolute Gasteiger partial charge is 0.389 e. The molecule has 0 aromatic carbocycles. The third kappa shape index (κ3) is 2.74. The topological polar surface area (TPSA) is 145 Å². The second-order valence-corrected chi connectivity index (χ2v) is 5.22. The highest BCUT2D eigenvalue weighted by atomic mass is 16.5. The number of nitrogens with two attached hydrogens (primary N) is 2. The summed E-state index contributed by atoms with van der Waals surface area (Å²) in [5.41, 5.74) is 12.8. The predicted octanol–water partition coefficient (Wildman–Crippen LogP) is -2.05. The van der Waals surface area contributed by atoms with Crippen molar-refractivity contribution in [1.29, 1.82) is 0 Å². The predicted molar refractivity (Wildman–Crippen MR) is 72.8 cm³/mol. The van der Waals surface area contributed by atoms with Crippen molar-refractivity contribution in [3.8, 4) is 0 Å². The number of fused-ring (bicyclic) bond motifs is 1. The van der Waals surface area contributed by atoms with E-state index in [0.717, 1.165) is 0 Å². The van der Waals surface area contributed by atoms with E-state index in [9.17, 15) is 10.2 Å². The quantitative estimate of drug-likeness (QED) is 0.506. The second kappa shape index (κ2) is 5.62. The van der Waals surface area contributed by atoms with Crippen LogP contribution in [0.15, 0.2) is 18.3 Å². The van der Waals surface area contributed by atoms with Gasteiger partial charge in [0.05, 0.1) is 6.10 Å². The Bertz CT molecular complexity index is 587. The molecule has 0 saturated heterocycles. The van der Waals surface area contributed by atoms with Crippen LogP contribution in [-0.2, 0) is 11.5 Å². The Kier molecular flexibility index (Phi) is 3.83. The Morgan fingerprint density at radius 3 is 2.81 bits per heavy atom.